The quantitative estimate of drug-likeness (QED) is 0.0784. The number of fused-ring (bicyclic) bond motifs is 1. The molecule has 6 heterocycles. The first-order valence-corrected chi connectivity index (χ1v) is 20.0. The molecule has 0 saturated carbocycles. The number of aromatic nitrogens is 6. The maximum absolute atomic E-state index is 5.14. The summed E-state index contributed by atoms with van der Waals surface area (Å²) in [5.74, 6) is 0. The van der Waals surface area contributed by atoms with E-state index in [0.29, 0.717) is 0 Å². The average Bonchev–Trinajstić information content (AvgIpc) is 3.23. The lowest BCUT2D eigenvalue weighted by Gasteiger charge is -2.23. The molecule has 0 aliphatic rings. The topological polar surface area (TPSA) is 83.8 Å². The van der Waals surface area contributed by atoms with E-state index in [1.54, 1.807) is 0 Å². The van der Waals surface area contributed by atoms with Crippen LogP contribution in [0.25, 0.3) is 11.0 Å². The fourth-order valence-corrected chi connectivity index (χ4v) is 6.59. The van der Waals surface area contributed by atoms with Crippen LogP contribution >= 0.6 is 0 Å². The normalized spacial score (nSPS) is 11.6. The predicted octanol–water partition coefficient (Wildman–Crippen LogP) is 8.03. The Kier molecular flexibility index (Phi) is 14.3. The van der Waals surface area contributed by atoms with Gasteiger partial charge < -0.3 is 0 Å². The second-order valence-corrected chi connectivity index (χ2v) is 14.2. The summed E-state index contributed by atoms with van der Waals surface area (Å²) in [6.07, 6.45) is 15.6. The molecule has 8 heteroatoms. The fourth-order valence-electron chi connectivity index (χ4n) is 6.59. The lowest BCUT2D eigenvalue weighted by Crippen LogP contribution is -2.29. The van der Waals surface area contributed by atoms with Crippen LogP contribution in [0.1, 0.15) is 84.1 Å². The van der Waals surface area contributed by atoms with Crippen molar-refractivity contribution in [1.82, 2.24) is 39.7 Å². The van der Waals surface area contributed by atoms with Gasteiger partial charge in [0.1, 0.15) is 0 Å². The van der Waals surface area contributed by atoms with E-state index in [1.807, 2.05) is 24.8 Å². The Morgan fingerprint density at radius 3 is 0.926 bits per heavy atom. The van der Waals surface area contributed by atoms with Gasteiger partial charge in [-0.05, 0) is 96.5 Å². The zero-order valence-electron chi connectivity index (χ0n) is 32.7. The molecule has 0 fully saturated rings. The Hall–Kier alpha value is -4.92. The maximum atomic E-state index is 5.14. The van der Waals surface area contributed by atoms with Crippen molar-refractivity contribution in [1.29, 1.82) is 0 Å². The van der Waals surface area contributed by atoms with Gasteiger partial charge in [-0.2, -0.15) is 0 Å². The zero-order valence-corrected chi connectivity index (χ0v) is 32.7. The molecule has 0 atom stereocenters. The molecular weight excluding hydrogens is 665 g/mol. The highest BCUT2D eigenvalue weighted by atomic mass is 15.1. The smallest absolute Gasteiger partial charge is 0.159 e. The lowest BCUT2D eigenvalue weighted by atomic mass is 10.1. The van der Waals surface area contributed by atoms with Crippen molar-refractivity contribution < 1.29 is 0 Å². The summed E-state index contributed by atoms with van der Waals surface area (Å²) in [7, 11) is 0. The van der Waals surface area contributed by atoms with Crippen molar-refractivity contribution in [2.45, 2.75) is 92.2 Å². The molecule has 0 aromatic carbocycles. The highest BCUT2D eigenvalue weighted by molar-refractivity contribution is 5.74. The Bertz CT molecular complexity index is 1760. The molecule has 0 unspecified atom stereocenters. The summed E-state index contributed by atoms with van der Waals surface area (Å²) >= 11 is 0. The second kappa shape index (κ2) is 20.0. The zero-order chi connectivity index (χ0) is 37.5. The SMILES string of the molecule is CCc1ccc(CCN(CCc2ccc(CC)cn2)Cc2ccc3ccc(CN(CCc4ccc(CC)cn4)CCc4ccc(CC)cn4)nc3n2)nc1. The highest BCUT2D eigenvalue weighted by Crippen LogP contribution is 2.16. The van der Waals surface area contributed by atoms with Crippen molar-refractivity contribution in [3.8, 4) is 0 Å². The van der Waals surface area contributed by atoms with Gasteiger partial charge in [0.2, 0.25) is 0 Å². The number of nitrogens with zero attached hydrogens (tertiary/aromatic N) is 8. The number of hydrogen-bond donors (Lipinski definition) is 0. The Morgan fingerprint density at radius 1 is 0.370 bits per heavy atom. The maximum Gasteiger partial charge on any atom is 0.159 e. The fraction of sp³-hybridized carbons (Fsp3) is 0.391. The summed E-state index contributed by atoms with van der Waals surface area (Å²) in [5.41, 5.74) is 12.4. The molecule has 6 aromatic heterocycles. The molecular formula is C46H56N8. The third kappa shape index (κ3) is 11.5. The standard InChI is InChI=1S/C46H56N8/c1-5-35-9-15-40(47-29-35)21-25-53(26-22-41-16-10-36(6-2)30-48-41)33-44-19-13-39-14-20-45(52-46(39)51-44)34-54(27-23-42-17-11-37(7-3)31-49-42)28-24-43-18-12-38(8-4)32-50-43/h9-20,29-32H,5-8,21-28,33-34H2,1-4H3. The van der Waals surface area contributed by atoms with Crippen LogP contribution in [-0.4, -0.2) is 65.9 Å². The van der Waals surface area contributed by atoms with E-state index in [0.717, 1.165) is 136 Å². The Balaban J connectivity index is 1.16. The third-order valence-electron chi connectivity index (χ3n) is 10.4. The van der Waals surface area contributed by atoms with Crippen LogP contribution in [0.2, 0.25) is 0 Å². The highest BCUT2D eigenvalue weighted by Gasteiger charge is 2.13. The molecule has 0 radical (unpaired) electrons. The predicted molar refractivity (Wildman–Crippen MR) is 219 cm³/mol. The van der Waals surface area contributed by atoms with Gasteiger partial charge in [0.15, 0.2) is 5.65 Å². The molecule has 0 bridgehead atoms. The number of pyridine rings is 6. The number of aryl methyl sites for hydroxylation is 4. The first-order chi connectivity index (χ1) is 26.5. The monoisotopic (exact) mass is 720 g/mol. The summed E-state index contributed by atoms with van der Waals surface area (Å²) in [6.45, 7) is 13.7. The van der Waals surface area contributed by atoms with Crippen LogP contribution in [0.3, 0.4) is 0 Å². The first kappa shape index (κ1) is 38.8. The molecule has 0 aliphatic heterocycles. The van der Waals surface area contributed by atoms with Gasteiger partial charge in [0, 0.05) is 118 Å². The van der Waals surface area contributed by atoms with E-state index < -0.39 is 0 Å². The molecule has 0 aliphatic carbocycles. The van der Waals surface area contributed by atoms with E-state index >= 15 is 0 Å². The van der Waals surface area contributed by atoms with Crippen LogP contribution in [0.15, 0.2) is 97.6 Å². The molecule has 0 N–H and O–H groups in total. The molecule has 8 nitrogen and oxygen atoms in total. The Morgan fingerprint density at radius 2 is 0.667 bits per heavy atom. The summed E-state index contributed by atoms with van der Waals surface area (Å²) in [6, 6.07) is 26.1. The van der Waals surface area contributed by atoms with E-state index in [1.165, 1.54) is 22.3 Å². The van der Waals surface area contributed by atoms with Crippen molar-refractivity contribution >= 4 is 11.0 Å². The van der Waals surface area contributed by atoms with Crippen LogP contribution in [0.4, 0.5) is 0 Å². The molecule has 54 heavy (non-hydrogen) atoms. The molecule has 0 amide bonds. The molecule has 6 aromatic rings. The minimum Gasteiger partial charge on any atom is -0.297 e. The van der Waals surface area contributed by atoms with Gasteiger partial charge in [0.25, 0.3) is 0 Å². The average molecular weight is 721 g/mol. The largest absolute Gasteiger partial charge is 0.297 e. The van der Waals surface area contributed by atoms with Crippen molar-refractivity contribution in [2.24, 2.45) is 0 Å². The van der Waals surface area contributed by atoms with Crippen molar-refractivity contribution in [3.05, 3.63) is 154 Å². The lowest BCUT2D eigenvalue weighted by molar-refractivity contribution is 0.266. The number of rotatable bonds is 20. The van der Waals surface area contributed by atoms with Gasteiger partial charge in [0.05, 0.1) is 11.4 Å². The first-order valence-electron chi connectivity index (χ1n) is 20.0. The molecule has 280 valence electrons. The third-order valence-corrected chi connectivity index (χ3v) is 10.4. The number of hydrogen-bond acceptors (Lipinski definition) is 8. The summed E-state index contributed by atoms with van der Waals surface area (Å²) in [5, 5.41) is 1.06. The van der Waals surface area contributed by atoms with E-state index in [4.69, 9.17) is 29.9 Å². The van der Waals surface area contributed by atoms with Gasteiger partial charge in [-0.15, -0.1) is 0 Å². The molecule has 6 rings (SSSR count). The van der Waals surface area contributed by atoms with Crippen LogP contribution in [0.5, 0.6) is 0 Å². The molecule has 0 saturated heterocycles. The van der Waals surface area contributed by atoms with E-state index in [9.17, 15) is 0 Å². The van der Waals surface area contributed by atoms with Crippen LogP contribution < -0.4 is 0 Å². The van der Waals surface area contributed by atoms with Gasteiger partial charge in [-0.25, -0.2) is 9.97 Å². The van der Waals surface area contributed by atoms with Gasteiger partial charge >= 0.3 is 0 Å². The van der Waals surface area contributed by atoms with Crippen molar-refractivity contribution in [2.75, 3.05) is 26.2 Å². The van der Waals surface area contributed by atoms with Gasteiger partial charge in [-0.3, -0.25) is 29.7 Å². The van der Waals surface area contributed by atoms with Crippen molar-refractivity contribution in [3.63, 3.8) is 0 Å². The summed E-state index contributed by atoms with van der Waals surface area (Å²) in [4.78, 5) is 34.2. The van der Waals surface area contributed by atoms with E-state index in [2.05, 4.69) is 110 Å². The van der Waals surface area contributed by atoms with Crippen LogP contribution in [-0.2, 0) is 64.5 Å². The van der Waals surface area contributed by atoms with Gasteiger partial charge in [-0.1, -0.05) is 52.0 Å². The minimum atomic E-state index is 0.738. The second-order valence-electron chi connectivity index (χ2n) is 14.2. The van der Waals surface area contributed by atoms with Crippen LogP contribution in [0, 0.1) is 0 Å². The summed E-state index contributed by atoms with van der Waals surface area (Å²) < 4.78 is 0. The molecule has 0 spiro atoms. The van der Waals surface area contributed by atoms with E-state index in [-0.39, 0.29) is 0 Å². The Labute approximate surface area is 322 Å². The minimum absolute atomic E-state index is 0.738.